The summed E-state index contributed by atoms with van der Waals surface area (Å²) in [5.41, 5.74) is 0.157. The number of amides is 1. The zero-order chi connectivity index (χ0) is 16.5. The Morgan fingerprint density at radius 3 is 2.41 bits per heavy atom. The van der Waals surface area contributed by atoms with E-state index in [2.05, 4.69) is 0 Å². The minimum absolute atomic E-state index is 0.0507. The average Bonchev–Trinajstić information content (AvgIpc) is 3.19. The van der Waals surface area contributed by atoms with Crippen LogP contribution in [0.1, 0.15) is 45.1 Å². The third-order valence-electron chi connectivity index (χ3n) is 3.14. The second-order valence-corrected chi connectivity index (χ2v) is 7.94. The van der Waals surface area contributed by atoms with Crippen molar-refractivity contribution in [2.24, 2.45) is 0 Å². The highest BCUT2D eigenvalue weighted by molar-refractivity contribution is 7.90. The van der Waals surface area contributed by atoms with Crippen molar-refractivity contribution in [3.05, 3.63) is 23.8 Å². The molecular formula is C15H21NO5S. The summed E-state index contributed by atoms with van der Waals surface area (Å²) in [6, 6.07) is 5.02. The number of nitrogens with one attached hydrogen (secondary N) is 1. The van der Waals surface area contributed by atoms with Crippen LogP contribution in [0, 0.1) is 0 Å². The van der Waals surface area contributed by atoms with E-state index in [0.29, 0.717) is 5.92 Å². The molecule has 0 aliphatic heterocycles. The Balaban J connectivity index is 2.28. The number of carbonyl (C=O) groups is 1. The van der Waals surface area contributed by atoms with Gasteiger partial charge in [-0.25, -0.2) is 17.9 Å². The first kappa shape index (κ1) is 16.6. The third kappa shape index (κ3) is 4.13. The first-order valence-corrected chi connectivity index (χ1v) is 8.54. The van der Waals surface area contributed by atoms with E-state index in [-0.39, 0.29) is 10.6 Å². The molecular weight excluding hydrogens is 306 g/mol. The minimum atomic E-state index is -4.05. The summed E-state index contributed by atoms with van der Waals surface area (Å²) >= 11 is 0. The number of hydrogen-bond acceptors (Lipinski definition) is 5. The molecule has 1 amide bonds. The Labute approximate surface area is 130 Å². The van der Waals surface area contributed by atoms with E-state index >= 15 is 0 Å². The van der Waals surface area contributed by atoms with E-state index in [1.54, 1.807) is 32.9 Å². The second kappa shape index (κ2) is 5.79. The fraction of sp³-hybridized carbons (Fsp3) is 0.533. The summed E-state index contributed by atoms with van der Waals surface area (Å²) in [6.45, 7) is 4.98. The van der Waals surface area contributed by atoms with Crippen LogP contribution in [0.4, 0.5) is 4.79 Å². The van der Waals surface area contributed by atoms with Gasteiger partial charge in [0.05, 0.1) is 7.11 Å². The highest BCUT2D eigenvalue weighted by Gasteiger charge is 2.29. The molecule has 0 unspecified atom stereocenters. The quantitative estimate of drug-likeness (QED) is 0.919. The molecule has 1 aromatic rings. The maximum Gasteiger partial charge on any atom is 0.421 e. The predicted molar refractivity (Wildman–Crippen MR) is 81.5 cm³/mol. The first-order valence-electron chi connectivity index (χ1n) is 7.06. The fourth-order valence-electron chi connectivity index (χ4n) is 2.04. The SMILES string of the molecule is COc1ccc(C2CC2)cc1S(=O)(=O)NC(=O)OC(C)(C)C. The van der Waals surface area contributed by atoms with Crippen molar-refractivity contribution < 1.29 is 22.7 Å². The molecule has 1 N–H and O–H groups in total. The van der Waals surface area contributed by atoms with Gasteiger partial charge in [0.2, 0.25) is 0 Å². The number of sulfonamides is 1. The molecule has 0 bridgehead atoms. The van der Waals surface area contributed by atoms with E-state index in [4.69, 9.17) is 9.47 Å². The molecule has 0 radical (unpaired) electrons. The number of benzene rings is 1. The maximum atomic E-state index is 12.4. The Morgan fingerprint density at radius 2 is 1.91 bits per heavy atom. The summed E-state index contributed by atoms with van der Waals surface area (Å²) in [5.74, 6) is 0.585. The number of carbonyl (C=O) groups excluding carboxylic acids is 1. The molecule has 0 spiro atoms. The average molecular weight is 327 g/mol. The van der Waals surface area contributed by atoms with Crippen LogP contribution in [0.2, 0.25) is 0 Å². The Morgan fingerprint density at radius 1 is 1.27 bits per heavy atom. The van der Waals surface area contributed by atoms with Crippen molar-refractivity contribution in [3.8, 4) is 5.75 Å². The van der Waals surface area contributed by atoms with E-state index in [9.17, 15) is 13.2 Å². The minimum Gasteiger partial charge on any atom is -0.495 e. The van der Waals surface area contributed by atoms with Gasteiger partial charge in [-0.05, 0) is 57.2 Å². The molecule has 7 heteroatoms. The van der Waals surface area contributed by atoms with Crippen molar-refractivity contribution >= 4 is 16.1 Å². The van der Waals surface area contributed by atoms with E-state index < -0.39 is 21.7 Å². The lowest BCUT2D eigenvalue weighted by Gasteiger charge is -2.20. The van der Waals surface area contributed by atoms with E-state index in [1.165, 1.54) is 7.11 Å². The molecule has 1 aliphatic rings. The van der Waals surface area contributed by atoms with Crippen LogP contribution in [0.3, 0.4) is 0 Å². The molecule has 0 heterocycles. The van der Waals surface area contributed by atoms with Gasteiger partial charge in [0.15, 0.2) is 0 Å². The molecule has 0 saturated heterocycles. The summed E-state index contributed by atoms with van der Waals surface area (Å²) in [4.78, 5) is 11.7. The normalized spacial score (nSPS) is 15.3. The summed E-state index contributed by atoms with van der Waals surface area (Å²) in [5, 5.41) is 0. The van der Waals surface area contributed by atoms with Crippen molar-refractivity contribution in [1.82, 2.24) is 4.72 Å². The van der Waals surface area contributed by atoms with Gasteiger partial charge in [0, 0.05) is 0 Å². The number of hydrogen-bond donors (Lipinski definition) is 1. The van der Waals surface area contributed by atoms with Crippen molar-refractivity contribution in [2.45, 2.75) is 50.0 Å². The van der Waals surface area contributed by atoms with Crippen LogP contribution in [0.15, 0.2) is 23.1 Å². The summed E-state index contributed by atoms with van der Waals surface area (Å²) in [7, 11) is -2.66. The molecule has 0 atom stereocenters. The Hall–Kier alpha value is -1.76. The summed E-state index contributed by atoms with van der Waals surface area (Å²) < 4.78 is 36.8. The van der Waals surface area contributed by atoms with Gasteiger partial charge in [-0.1, -0.05) is 6.07 Å². The Kier molecular flexibility index (Phi) is 4.37. The maximum absolute atomic E-state index is 12.4. The number of ether oxygens (including phenoxy) is 2. The van der Waals surface area contributed by atoms with Crippen LogP contribution in [0.25, 0.3) is 0 Å². The molecule has 1 aliphatic carbocycles. The molecule has 2 rings (SSSR count). The van der Waals surface area contributed by atoms with Gasteiger partial charge in [-0.2, -0.15) is 0 Å². The van der Waals surface area contributed by atoms with Gasteiger partial charge >= 0.3 is 6.09 Å². The third-order valence-corrected chi connectivity index (χ3v) is 4.48. The molecule has 22 heavy (non-hydrogen) atoms. The van der Waals surface area contributed by atoms with Gasteiger partial charge in [-0.3, -0.25) is 0 Å². The molecule has 1 aromatic carbocycles. The van der Waals surface area contributed by atoms with Crippen LogP contribution in [-0.4, -0.2) is 27.2 Å². The van der Waals surface area contributed by atoms with Gasteiger partial charge in [0.1, 0.15) is 16.2 Å². The van der Waals surface area contributed by atoms with Crippen LogP contribution < -0.4 is 9.46 Å². The zero-order valence-electron chi connectivity index (χ0n) is 13.2. The zero-order valence-corrected chi connectivity index (χ0v) is 14.0. The molecule has 122 valence electrons. The van der Waals surface area contributed by atoms with Crippen LogP contribution in [-0.2, 0) is 14.8 Å². The Bertz CT molecular complexity index is 672. The van der Waals surface area contributed by atoms with Crippen molar-refractivity contribution in [3.63, 3.8) is 0 Å². The van der Waals surface area contributed by atoms with Crippen molar-refractivity contribution in [1.29, 1.82) is 0 Å². The lowest BCUT2D eigenvalue weighted by molar-refractivity contribution is 0.0570. The summed E-state index contributed by atoms with van der Waals surface area (Å²) in [6.07, 6.45) is 1.09. The predicted octanol–water partition coefficient (Wildman–Crippen LogP) is 2.79. The van der Waals surface area contributed by atoms with Gasteiger partial charge in [-0.15, -0.1) is 0 Å². The van der Waals surface area contributed by atoms with Crippen LogP contribution in [0.5, 0.6) is 5.75 Å². The first-order chi connectivity index (χ1) is 10.1. The smallest absolute Gasteiger partial charge is 0.421 e. The van der Waals surface area contributed by atoms with E-state index in [1.807, 2.05) is 10.8 Å². The van der Waals surface area contributed by atoms with Gasteiger partial charge in [0.25, 0.3) is 10.0 Å². The molecule has 1 saturated carbocycles. The molecule has 1 fully saturated rings. The van der Waals surface area contributed by atoms with Crippen LogP contribution >= 0.6 is 0 Å². The lowest BCUT2D eigenvalue weighted by Crippen LogP contribution is -2.36. The second-order valence-electron chi connectivity index (χ2n) is 6.29. The highest BCUT2D eigenvalue weighted by atomic mass is 32.2. The number of methoxy groups -OCH3 is 1. The molecule has 0 aromatic heterocycles. The van der Waals surface area contributed by atoms with E-state index in [0.717, 1.165) is 18.4 Å². The largest absolute Gasteiger partial charge is 0.495 e. The van der Waals surface area contributed by atoms with Gasteiger partial charge < -0.3 is 9.47 Å². The number of rotatable bonds is 4. The topological polar surface area (TPSA) is 81.7 Å². The lowest BCUT2D eigenvalue weighted by atomic mass is 10.1. The molecule has 6 nitrogen and oxygen atoms in total. The highest BCUT2D eigenvalue weighted by Crippen LogP contribution is 2.42. The monoisotopic (exact) mass is 327 g/mol. The van der Waals surface area contributed by atoms with Crippen molar-refractivity contribution in [2.75, 3.05) is 7.11 Å². The fourth-order valence-corrected chi connectivity index (χ4v) is 3.12. The standard InChI is InChI=1S/C15H21NO5S/c1-15(2,3)21-14(17)16-22(18,19)13-9-11(10-5-6-10)7-8-12(13)20-4/h7-10H,5-6H2,1-4H3,(H,16,17).